The maximum atomic E-state index is 12.0. The van der Waals surface area contributed by atoms with Gasteiger partial charge in [-0.15, -0.1) is 0 Å². The summed E-state index contributed by atoms with van der Waals surface area (Å²) in [6.45, 7) is 0.311. The molecule has 0 bridgehead atoms. The van der Waals surface area contributed by atoms with E-state index < -0.39 is 24.0 Å². The Hall–Kier alpha value is -2.61. The Labute approximate surface area is 134 Å². The number of rotatable bonds is 9. The van der Waals surface area contributed by atoms with Gasteiger partial charge in [-0.05, 0) is 18.4 Å². The monoisotopic (exact) mass is 321 g/mol. The van der Waals surface area contributed by atoms with Crippen molar-refractivity contribution in [2.45, 2.75) is 31.3 Å². The number of carboxylic acids is 1. The number of hydrogen-bond acceptors (Lipinski definition) is 4. The predicted molar refractivity (Wildman–Crippen MR) is 87.5 cm³/mol. The number of nitrogens with zero attached hydrogens (tertiary/aromatic N) is 1. The van der Waals surface area contributed by atoms with E-state index in [1.54, 1.807) is 0 Å². The molecule has 0 spiro atoms. The Balaban J connectivity index is 2.47. The van der Waals surface area contributed by atoms with Crippen molar-refractivity contribution in [1.82, 2.24) is 5.32 Å². The molecule has 0 saturated carbocycles. The lowest BCUT2D eigenvalue weighted by molar-refractivity contribution is -0.142. The lowest BCUT2D eigenvalue weighted by Gasteiger charge is -2.16. The van der Waals surface area contributed by atoms with Crippen LogP contribution >= 0.6 is 0 Å². The molecule has 1 aromatic carbocycles. The second-order valence-electron chi connectivity index (χ2n) is 5.13. The quantitative estimate of drug-likeness (QED) is 0.239. The molecule has 8 nitrogen and oxygen atoms in total. The van der Waals surface area contributed by atoms with Crippen molar-refractivity contribution in [1.29, 1.82) is 0 Å². The zero-order valence-electron chi connectivity index (χ0n) is 12.8. The average Bonchev–Trinajstić information content (AvgIpc) is 2.50. The minimum Gasteiger partial charge on any atom is -0.480 e. The van der Waals surface area contributed by atoms with Crippen LogP contribution in [-0.4, -0.2) is 35.5 Å². The molecule has 0 saturated heterocycles. The number of nitrogens with one attached hydrogen (secondary N) is 1. The molecule has 0 unspecified atom stereocenters. The van der Waals surface area contributed by atoms with Gasteiger partial charge in [-0.1, -0.05) is 30.3 Å². The van der Waals surface area contributed by atoms with Crippen molar-refractivity contribution in [3.63, 3.8) is 0 Å². The van der Waals surface area contributed by atoms with E-state index in [2.05, 4.69) is 10.3 Å². The fraction of sp³-hybridized carbons (Fsp3) is 0.400. The molecule has 0 aromatic heterocycles. The topological polar surface area (TPSA) is 157 Å². The molecule has 0 heterocycles. The maximum absolute atomic E-state index is 12.0. The van der Waals surface area contributed by atoms with Crippen LogP contribution in [-0.2, 0) is 9.59 Å². The summed E-state index contributed by atoms with van der Waals surface area (Å²) >= 11 is 0. The predicted octanol–water partition coefficient (Wildman–Crippen LogP) is -0.300. The minimum atomic E-state index is -1.10. The number of carboxylic acid groups (broad SMARTS) is 1. The van der Waals surface area contributed by atoms with Crippen LogP contribution in [0.2, 0.25) is 0 Å². The molecular weight excluding hydrogens is 298 g/mol. The second kappa shape index (κ2) is 9.42. The summed E-state index contributed by atoms with van der Waals surface area (Å²) in [7, 11) is 0. The first-order chi connectivity index (χ1) is 10.9. The van der Waals surface area contributed by atoms with Crippen LogP contribution in [0.25, 0.3) is 0 Å². The van der Waals surface area contributed by atoms with Crippen LogP contribution in [0.1, 0.15) is 30.9 Å². The van der Waals surface area contributed by atoms with Crippen molar-refractivity contribution >= 4 is 17.8 Å². The average molecular weight is 321 g/mol. The molecule has 1 rings (SSSR count). The molecule has 0 aliphatic rings. The Morgan fingerprint density at radius 1 is 1.22 bits per heavy atom. The van der Waals surface area contributed by atoms with E-state index in [9.17, 15) is 9.59 Å². The third-order valence-corrected chi connectivity index (χ3v) is 3.21. The van der Waals surface area contributed by atoms with Gasteiger partial charge in [0.05, 0.1) is 0 Å². The van der Waals surface area contributed by atoms with Gasteiger partial charge in [0.1, 0.15) is 6.04 Å². The van der Waals surface area contributed by atoms with Gasteiger partial charge in [0.15, 0.2) is 5.96 Å². The zero-order chi connectivity index (χ0) is 17.2. The molecule has 1 aromatic rings. The third-order valence-electron chi connectivity index (χ3n) is 3.21. The Kier molecular flexibility index (Phi) is 7.55. The van der Waals surface area contributed by atoms with Crippen molar-refractivity contribution in [3.8, 4) is 0 Å². The van der Waals surface area contributed by atoms with Crippen LogP contribution in [0.3, 0.4) is 0 Å². The first kappa shape index (κ1) is 18.4. The Morgan fingerprint density at radius 2 is 1.87 bits per heavy atom. The summed E-state index contributed by atoms with van der Waals surface area (Å²) in [6.07, 6.45) is 0.694. The minimum absolute atomic E-state index is 0.0156. The highest BCUT2D eigenvalue weighted by Crippen LogP contribution is 2.13. The van der Waals surface area contributed by atoms with Gasteiger partial charge in [-0.2, -0.15) is 0 Å². The van der Waals surface area contributed by atoms with E-state index in [-0.39, 0.29) is 18.8 Å². The van der Waals surface area contributed by atoms with Crippen molar-refractivity contribution < 1.29 is 14.7 Å². The molecule has 126 valence electrons. The van der Waals surface area contributed by atoms with Gasteiger partial charge in [-0.3, -0.25) is 9.79 Å². The normalized spacial score (nSPS) is 12.9. The number of benzene rings is 1. The van der Waals surface area contributed by atoms with E-state index in [1.807, 2.05) is 30.3 Å². The summed E-state index contributed by atoms with van der Waals surface area (Å²) in [5.74, 6) is -1.55. The van der Waals surface area contributed by atoms with Gasteiger partial charge in [0.2, 0.25) is 5.91 Å². The number of carbonyl (C=O) groups is 2. The molecule has 0 aliphatic carbocycles. The standard InChI is InChI=1S/C15H23N5O3/c16-11(10-5-2-1-3-6-10)9-13(21)20-12(14(22)23)7-4-8-19-15(17)18/h1-3,5-6,11-12H,4,7-9,16H2,(H,20,21)(H,22,23)(H4,17,18,19)/t11-,12+/m1/s1. The van der Waals surface area contributed by atoms with Gasteiger partial charge < -0.3 is 27.6 Å². The third kappa shape index (κ3) is 7.28. The van der Waals surface area contributed by atoms with Gasteiger partial charge in [0.25, 0.3) is 0 Å². The zero-order valence-corrected chi connectivity index (χ0v) is 12.8. The molecular formula is C15H23N5O3. The van der Waals surface area contributed by atoms with Crippen molar-refractivity contribution in [2.75, 3.05) is 6.54 Å². The summed E-state index contributed by atoms with van der Waals surface area (Å²) in [5.41, 5.74) is 17.1. The Bertz CT molecular complexity index is 543. The second-order valence-corrected chi connectivity index (χ2v) is 5.13. The first-order valence-electron chi connectivity index (χ1n) is 7.28. The summed E-state index contributed by atoms with van der Waals surface area (Å²) in [6, 6.07) is 7.69. The number of aliphatic carboxylic acids is 1. The van der Waals surface area contributed by atoms with Gasteiger partial charge in [0, 0.05) is 19.0 Å². The lowest BCUT2D eigenvalue weighted by atomic mass is 10.0. The Morgan fingerprint density at radius 3 is 2.43 bits per heavy atom. The highest BCUT2D eigenvalue weighted by atomic mass is 16.4. The van der Waals surface area contributed by atoms with Gasteiger partial charge >= 0.3 is 5.97 Å². The van der Waals surface area contributed by atoms with Crippen molar-refractivity contribution in [3.05, 3.63) is 35.9 Å². The molecule has 8 heteroatoms. The van der Waals surface area contributed by atoms with Gasteiger partial charge in [-0.25, -0.2) is 4.79 Å². The largest absolute Gasteiger partial charge is 0.480 e. The molecule has 1 amide bonds. The molecule has 23 heavy (non-hydrogen) atoms. The summed E-state index contributed by atoms with van der Waals surface area (Å²) < 4.78 is 0. The highest BCUT2D eigenvalue weighted by Gasteiger charge is 2.21. The number of carbonyl (C=O) groups excluding carboxylic acids is 1. The number of guanidine groups is 1. The summed E-state index contributed by atoms with van der Waals surface area (Å²) in [4.78, 5) is 26.9. The SMILES string of the molecule is NC(N)=NCCC[C@H](NC(=O)C[C@@H](N)c1ccccc1)C(=O)O. The number of amides is 1. The molecule has 0 aliphatic heterocycles. The van der Waals surface area contributed by atoms with E-state index >= 15 is 0 Å². The van der Waals surface area contributed by atoms with Crippen LogP contribution in [0.5, 0.6) is 0 Å². The molecule has 0 radical (unpaired) electrons. The first-order valence-corrected chi connectivity index (χ1v) is 7.28. The van der Waals surface area contributed by atoms with Crippen LogP contribution in [0.15, 0.2) is 35.3 Å². The number of nitrogens with two attached hydrogens (primary N) is 3. The van der Waals surface area contributed by atoms with Crippen molar-refractivity contribution in [2.24, 2.45) is 22.2 Å². The number of hydrogen-bond donors (Lipinski definition) is 5. The maximum Gasteiger partial charge on any atom is 0.326 e. The van der Waals surface area contributed by atoms with Crippen LogP contribution in [0.4, 0.5) is 0 Å². The van der Waals surface area contributed by atoms with E-state index in [0.717, 1.165) is 5.56 Å². The highest BCUT2D eigenvalue weighted by molar-refractivity contribution is 5.83. The molecule has 0 fully saturated rings. The van der Waals surface area contributed by atoms with Crippen LogP contribution < -0.4 is 22.5 Å². The molecule has 8 N–H and O–H groups in total. The number of aliphatic imine (C=N–C) groups is 1. The lowest BCUT2D eigenvalue weighted by Crippen LogP contribution is -2.41. The van der Waals surface area contributed by atoms with E-state index in [4.69, 9.17) is 22.3 Å². The fourth-order valence-corrected chi connectivity index (χ4v) is 2.03. The fourth-order valence-electron chi connectivity index (χ4n) is 2.03. The van der Waals surface area contributed by atoms with Crippen LogP contribution in [0, 0.1) is 0 Å². The van der Waals surface area contributed by atoms with E-state index in [0.29, 0.717) is 13.0 Å². The molecule has 2 atom stereocenters. The van der Waals surface area contributed by atoms with E-state index in [1.165, 1.54) is 0 Å². The smallest absolute Gasteiger partial charge is 0.326 e. The summed E-state index contributed by atoms with van der Waals surface area (Å²) in [5, 5.41) is 11.6.